The summed E-state index contributed by atoms with van der Waals surface area (Å²) in [6.45, 7) is 0.214. The number of rotatable bonds is 6. The van der Waals surface area contributed by atoms with Crippen LogP contribution in [-0.2, 0) is 11.4 Å². The van der Waals surface area contributed by atoms with E-state index in [1.165, 1.54) is 12.1 Å². The Morgan fingerprint density at radius 2 is 1.96 bits per heavy atom. The van der Waals surface area contributed by atoms with E-state index in [2.05, 4.69) is 10.1 Å². The van der Waals surface area contributed by atoms with Gasteiger partial charge in [0, 0.05) is 21.7 Å². The minimum absolute atomic E-state index is 0.214. The van der Waals surface area contributed by atoms with Gasteiger partial charge in [0.1, 0.15) is 17.5 Å². The van der Waals surface area contributed by atoms with Crippen molar-refractivity contribution in [1.29, 1.82) is 0 Å². The summed E-state index contributed by atoms with van der Waals surface area (Å²) in [6.07, 6.45) is 3.29. The highest BCUT2D eigenvalue weighted by Crippen LogP contribution is 2.26. The zero-order valence-electron chi connectivity index (χ0n) is 13.1. The van der Waals surface area contributed by atoms with Crippen molar-refractivity contribution in [2.45, 2.75) is 16.5 Å². The molecule has 0 atom stereocenters. The lowest BCUT2D eigenvalue weighted by molar-refractivity contribution is 0.132. The van der Waals surface area contributed by atoms with Crippen LogP contribution in [0.4, 0.5) is 4.39 Å². The van der Waals surface area contributed by atoms with Gasteiger partial charge < -0.3 is 4.84 Å². The fourth-order valence-corrected chi connectivity index (χ4v) is 2.87. The molecular weight excluding hydrogens is 359 g/mol. The normalized spacial score (nSPS) is 11.0. The molecule has 0 saturated carbocycles. The first-order chi connectivity index (χ1) is 12.2. The quantitative estimate of drug-likeness (QED) is 0.418. The highest BCUT2D eigenvalue weighted by molar-refractivity contribution is 7.99. The maximum Gasteiger partial charge on any atom is 0.142 e. The molecule has 25 heavy (non-hydrogen) atoms. The third-order valence-electron chi connectivity index (χ3n) is 3.19. The van der Waals surface area contributed by atoms with Crippen molar-refractivity contribution in [2.75, 3.05) is 0 Å². The third kappa shape index (κ3) is 5.59. The summed E-state index contributed by atoms with van der Waals surface area (Å²) in [7, 11) is 0. The Bertz CT molecular complexity index is 854. The lowest BCUT2D eigenvalue weighted by atomic mass is 10.2. The number of halogens is 2. The number of aromatic nitrogens is 1. The molecule has 2 aromatic carbocycles. The van der Waals surface area contributed by atoms with Crippen LogP contribution in [0, 0.1) is 5.82 Å². The third-order valence-corrected chi connectivity index (χ3v) is 4.40. The second-order valence-electron chi connectivity index (χ2n) is 5.12. The molecule has 0 spiro atoms. The number of pyridine rings is 1. The molecule has 0 fully saturated rings. The average Bonchev–Trinajstić information content (AvgIpc) is 2.62. The number of hydrogen-bond acceptors (Lipinski definition) is 4. The van der Waals surface area contributed by atoms with Gasteiger partial charge in [0.2, 0.25) is 0 Å². The van der Waals surface area contributed by atoms with E-state index in [1.807, 2.05) is 36.4 Å². The van der Waals surface area contributed by atoms with Crippen molar-refractivity contribution >= 4 is 29.6 Å². The zero-order chi connectivity index (χ0) is 17.5. The van der Waals surface area contributed by atoms with Gasteiger partial charge in [0.05, 0.1) is 6.21 Å². The highest BCUT2D eigenvalue weighted by Gasteiger charge is 1.99. The van der Waals surface area contributed by atoms with Gasteiger partial charge in [0.15, 0.2) is 0 Å². The molecule has 1 aromatic heterocycles. The lowest BCUT2D eigenvalue weighted by Crippen LogP contribution is -1.90. The second kappa shape index (κ2) is 8.65. The van der Waals surface area contributed by atoms with E-state index in [0.717, 1.165) is 21.0 Å². The standard InChI is InChI=1S/C19H14ClFN2OS/c20-16-5-7-18(8-6-16)25-19-9-4-15(11-22-19)12-23-24-13-14-2-1-3-17(21)10-14/h1-12H,13H2/b23-12-. The molecule has 0 amide bonds. The van der Waals surface area contributed by atoms with E-state index in [-0.39, 0.29) is 12.4 Å². The van der Waals surface area contributed by atoms with Crippen molar-refractivity contribution in [3.8, 4) is 0 Å². The largest absolute Gasteiger partial charge is 0.391 e. The van der Waals surface area contributed by atoms with Gasteiger partial charge in [-0.1, -0.05) is 40.7 Å². The van der Waals surface area contributed by atoms with Crippen LogP contribution in [0.15, 0.2) is 81.9 Å². The maximum absolute atomic E-state index is 13.0. The second-order valence-corrected chi connectivity index (χ2v) is 6.65. The minimum Gasteiger partial charge on any atom is -0.391 e. The Labute approximate surface area is 154 Å². The van der Waals surface area contributed by atoms with Crippen molar-refractivity contribution < 1.29 is 9.23 Å². The van der Waals surface area contributed by atoms with Crippen molar-refractivity contribution in [1.82, 2.24) is 4.98 Å². The maximum atomic E-state index is 13.0. The number of nitrogens with zero attached hydrogens (tertiary/aromatic N) is 2. The smallest absolute Gasteiger partial charge is 0.142 e. The van der Waals surface area contributed by atoms with Crippen LogP contribution < -0.4 is 0 Å². The molecule has 0 unspecified atom stereocenters. The summed E-state index contributed by atoms with van der Waals surface area (Å²) in [4.78, 5) is 10.6. The van der Waals surface area contributed by atoms with Gasteiger partial charge in [-0.3, -0.25) is 0 Å². The Morgan fingerprint density at radius 1 is 1.12 bits per heavy atom. The first kappa shape index (κ1) is 17.5. The van der Waals surface area contributed by atoms with Gasteiger partial charge in [-0.25, -0.2) is 9.37 Å². The molecule has 1 heterocycles. The van der Waals surface area contributed by atoms with Gasteiger partial charge in [0.25, 0.3) is 0 Å². The molecule has 3 aromatic rings. The number of benzene rings is 2. The zero-order valence-corrected chi connectivity index (χ0v) is 14.7. The Morgan fingerprint density at radius 3 is 2.68 bits per heavy atom. The Kier molecular flexibility index (Phi) is 6.04. The molecule has 0 saturated heterocycles. The highest BCUT2D eigenvalue weighted by atomic mass is 35.5. The lowest BCUT2D eigenvalue weighted by Gasteiger charge is -2.02. The van der Waals surface area contributed by atoms with E-state index < -0.39 is 0 Å². The molecule has 0 aliphatic rings. The van der Waals surface area contributed by atoms with Crippen LogP contribution >= 0.6 is 23.4 Å². The summed E-state index contributed by atoms with van der Waals surface area (Å²) in [6, 6.07) is 17.6. The predicted octanol–water partition coefficient (Wildman–Crippen LogP) is 5.58. The van der Waals surface area contributed by atoms with Gasteiger partial charge in [-0.05, 0) is 54.1 Å². The molecule has 0 aliphatic heterocycles. The molecule has 0 radical (unpaired) electrons. The molecule has 0 aliphatic carbocycles. The van der Waals surface area contributed by atoms with E-state index in [4.69, 9.17) is 16.4 Å². The SMILES string of the molecule is Fc1cccc(CO/N=C\c2ccc(Sc3ccc(Cl)cc3)nc2)c1. The van der Waals surface area contributed by atoms with E-state index in [1.54, 1.807) is 36.3 Å². The number of oxime groups is 1. The first-order valence-corrected chi connectivity index (χ1v) is 8.68. The summed E-state index contributed by atoms with van der Waals surface area (Å²) < 4.78 is 13.0. The Hall–Kier alpha value is -2.37. The van der Waals surface area contributed by atoms with Crippen LogP contribution in [0.25, 0.3) is 0 Å². The van der Waals surface area contributed by atoms with Crippen LogP contribution in [0.1, 0.15) is 11.1 Å². The van der Waals surface area contributed by atoms with Gasteiger partial charge in [-0.15, -0.1) is 0 Å². The monoisotopic (exact) mass is 372 g/mol. The van der Waals surface area contributed by atoms with E-state index in [9.17, 15) is 4.39 Å². The molecule has 3 rings (SSSR count). The van der Waals surface area contributed by atoms with Crippen LogP contribution in [0.5, 0.6) is 0 Å². The van der Waals surface area contributed by atoms with E-state index >= 15 is 0 Å². The molecule has 126 valence electrons. The Balaban J connectivity index is 1.52. The molecule has 0 N–H and O–H groups in total. The van der Waals surface area contributed by atoms with Crippen molar-refractivity contribution in [2.24, 2.45) is 5.16 Å². The summed E-state index contributed by atoms with van der Waals surface area (Å²) in [5.74, 6) is -0.289. The van der Waals surface area contributed by atoms with Crippen LogP contribution in [0.2, 0.25) is 5.02 Å². The van der Waals surface area contributed by atoms with Crippen LogP contribution in [0.3, 0.4) is 0 Å². The average molecular weight is 373 g/mol. The fraction of sp³-hybridized carbons (Fsp3) is 0.0526. The molecule has 6 heteroatoms. The van der Waals surface area contributed by atoms with E-state index in [0.29, 0.717) is 5.02 Å². The minimum atomic E-state index is -0.289. The summed E-state index contributed by atoms with van der Waals surface area (Å²) in [5, 5.41) is 5.47. The summed E-state index contributed by atoms with van der Waals surface area (Å²) in [5.41, 5.74) is 1.55. The van der Waals surface area contributed by atoms with Crippen molar-refractivity contribution in [3.05, 3.63) is 88.8 Å². The van der Waals surface area contributed by atoms with Gasteiger partial charge >= 0.3 is 0 Å². The molecular formula is C19H14ClFN2OS. The molecule has 0 bridgehead atoms. The van der Waals surface area contributed by atoms with Crippen LogP contribution in [-0.4, -0.2) is 11.2 Å². The summed E-state index contributed by atoms with van der Waals surface area (Å²) >= 11 is 7.42. The first-order valence-electron chi connectivity index (χ1n) is 7.48. The molecule has 3 nitrogen and oxygen atoms in total. The van der Waals surface area contributed by atoms with Crippen molar-refractivity contribution in [3.63, 3.8) is 0 Å². The van der Waals surface area contributed by atoms with Gasteiger partial charge in [-0.2, -0.15) is 0 Å². The fourth-order valence-electron chi connectivity index (χ4n) is 1.99. The topological polar surface area (TPSA) is 34.5 Å². The predicted molar refractivity (Wildman–Crippen MR) is 98.6 cm³/mol. The number of hydrogen-bond donors (Lipinski definition) is 0.